The molecule has 0 fully saturated rings. The quantitative estimate of drug-likeness (QED) is 0.402. The Labute approximate surface area is 220 Å². The Kier molecular flexibility index (Phi) is 9.47. The Bertz CT molecular complexity index is 1290. The van der Waals surface area contributed by atoms with Gasteiger partial charge in [-0.25, -0.2) is 8.42 Å². The van der Waals surface area contributed by atoms with E-state index in [1.165, 1.54) is 17.0 Å². The van der Waals surface area contributed by atoms with E-state index in [9.17, 15) is 18.0 Å². The van der Waals surface area contributed by atoms with Crippen molar-refractivity contribution in [3.05, 3.63) is 96.1 Å². The second-order valence-electron chi connectivity index (χ2n) is 9.26. The van der Waals surface area contributed by atoms with Crippen LogP contribution in [0.15, 0.2) is 89.8 Å². The molecule has 3 rings (SSSR count). The van der Waals surface area contributed by atoms with Crippen molar-refractivity contribution in [1.82, 2.24) is 10.2 Å². The molecule has 0 heterocycles. The molecular formula is C29H35N3O4S. The number of nitrogens with zero attached hydrogens (tertiary/aromatic N) is 2. The molecule has 0 radical (unpaired) electrons. The van der Waals surface area contributed by atoms with Gasteiger partial charge in [0.2, 0.25) is 11.8 Å². The summed E-state index contributed by atoms with van der Waals surface area (Å²) in [5, 5.41) is 2.90. The van der Waals surface area contributed by atoms with Crippen LogP contribution in [0.1, 0.15) is 38.3 Å². The minimum absolute atomic E-state index is 0.0866. The lowest BCUT2D eigenvalue weighted by atomic mass is 10.1. The SMILES string of the molecule is CC[C@H](C(=O)NC(C)C)N(Cc1ccccc1)C(=O)CN(c1cccc(C)c1)S(=O)(=O)c1ccccc1. The van der Waals surface area contributed by atoms with Crippen LogP contribution in [0, 0.1) is 6.92 Å². The van der Waals surface area contributed by atoms with Gasteiger partial charge in [-0.3, -0.25) is 13.9 Å². The van der Waals surface area contributed by atoms with Gasteiger partial charge >= 0.3 is 0 Å². The maximum Gasteiger partial charge on any atom is 0.264 e. The number of hydrogen-bond donors (Lipinski definition) is 1. The smallest absolute Gasteiger partial charge is 0.264 e. The zero-order valence-electron chi connectivity index (χ0n) is 21.8. The van der Waals surface area contributed by atoms with Gasteiger partial charge in [0.05, 0.1) is 10.6 Å². The van der Waals surface area contributed by atoms with Gasteiger partial charge in [-0.15, -0.1) is 0 Å². The summed E-state index contributed by atoms with van der Waals surface area (Å²) >= 11 is 0. The summed E-state index contributed by atoms with van der Waals surface area (Å²) in [4.78, 5) is 28.6. The molecule has 0 aliphatic carbocycles. The van der Waals surface area contributed by atoms with Crippen LogP contribution in [-0.4, -0.2) is 43.8 Å². The van der Waals surface area contributed by atoms with Crippen molar-refractivity contribution in [2.45, 2.75) is 57.6 Å². The van der Waals surface area contributed by atoms with Crippen LogP contribution in [0.5, 0.6) is 0 Å². The topological polar surface area (TPSA) is 86.8 Å². The van der Waals surface area contributed by atoms with E-state index in [-0.39, 0.29) is 23.4 Å². The molecule has 3 aromatic carbocycles. The second-order valence-corrected chi connectivity index (χ2v) is 11.1. The summed E-state index contributed by atoms with van der Waals surface area (Å²) in [5.41, 5.74) is 2.10. The standard InChI is InChI=1S/C29H35N3O4S/c1-5-27(29(34)30-22(2)3)31(20-24-14-8-6-9-15-24)28(33)21-32(25-16-12-13-23(4)19-25)37(35,36)26-17-10-7-11-18-26/h6-19,22,27H,5,20-21H2,1-4H3,(H,30,34)/t27-/m1/s1. The van der Waals surface area contributed by atoms with Crippen molar-refractivity contribution in [2.75, 3.05) is 10.8 Å². The highest BCUT2D eigenvalue weighted by atomic mass is 32.2. The fourth-order valence-electron chi connectivity index (χ4n) is 4.11. The van der Waals surface area contributed by atoms with Gasteiger partial charge in [-0.2, -0.15) is 0 Å². The van der Waals surface area contributed by atoms with E-state index in [2.05, 4.69) is 5.32 Å². The van der Waals surface area contributed by atoms with Crippen molar-refractivity contribution in [3.8, 4) is 0 Å². The summed E-state index contributed by atoms with van der Waals surface area (Å²) in [7, 11) is -4.06. The summed E-state index contributed by atoms with van der Waals surface area (Å²) in [6, 6.07) is 23.6. The number of anilines is 1. The number of aryl methyl sites for hydroxylation is 1. The van der Waals surface area contributed by atoms with Crippen molar-refractivity contribution in [2.24, 2.45) is 0 Å². The van der Waals surface area contributed by atoms with Crippen molar-refractivity contribution in [3.63, 3.8) is 0 Å². The molecule has 0 aromatic heterocycles. The number of hydrogen-bond acceptors (Lipinski definition) is 4. The Morgan fingerprint density at radius 1 is 0.892 bits per heavy atom. The van der Waals surface area contributed by atoms with Crippen LogP contribution in [0.2, 0.25) is 0 Å². The fourth-order valence-corrected chi connectivity index (χ4v) is 5.54. The molecule has 0 aliphatic heterocycles. The van der Waals surface area contributed by atoms with Crippen LogP contribution >= 0.6 is 0 Å². The Balaban J connectivity index is 2.04. The third kappa shape index (κ3) is 7.20. The lowest BCUT2D eigenvalue weighted by Gasteiger charge is -2.33. The van der Waals surface area contributed by atoms with Gasteiger partial charge in [0.1, 0.15) is 12.6 Å². The van der Waals surface area contributed by atoms with Crippen LogP contribution in [0.3, 0.4) is 0 Å². The molecule has 0 saturated carbocycles. The Morgan fingerprint density at radius 3 is 2.08 bits per heavy atom. The third-order valence-corrected chi connectivity index (χ3v) is 7.70. The number of benzene rings is 3. The molecule has 3 aromatic rings. The molecule has 0 unspecified atom stereocenters. The van der Waals surface area contributed by atoms with E-state index in [4.69, 9.17) is 0 Å². The molecule has 2 amide bonds. The van der Waals surface area contributed by atoms with Crippen LogP contribution < -0.4 is 9.62 Å². The molecule has 37 heavy (non-hydrogen) atoms. The molecule has 8 heteroatoms. The predicted octanol–water partition coefficient (Wildman–Crippen LogP) is 4.52. The number of amides is 2. The van der Waals surface area contributed by atoms with Gasteiger partial charge in [-0.05, 0) is 62.6 Å². The van der Waals surface area contributed by atoms with E-state index < -0.39 is 28.5 Å². The summed E-state index contributed by atoms with van der Waals surface area (Å²) in [6.45, 7) is 7.16. The van der Waals surface area contributed by atoms with Crippen molar-refractivity contribution >= 4 is 27.5 Å². The first-order chi connectivity index (χ1) is 17.6. The van der Waals surface area contributed by atoms with Gasteiger partial charge < -0.3 is 10.2 Å². The van der Waals surface area contributed by atoms with Gasteiger partial charge in [0.25, 0.3) is 10.0 Å². The number of rotatable bonds is 11. The molecule has 1 atom stereocenters. The van der Waals surface area contributed by atoms with Crippen molar-refractivity contribution < 1.29 is 18.0 Å². The number of carbonyl (C=O) groups excluding carboxylic acids is 2. The first-order valence-corrected chi connectivity index (χ1v) is 13.9. The predicted molar refractivity (Wildman–Crippen MR) is 147 cm³/mol. The molecule has 7 nitrogen and oxygen atoms in total. The Hall–Kier alpha value is -3.65. The highest BCUT2D eigenvalue weighted by molar-refractivity contribution is 7.92. The van der Waals surface area contributed by atoms with E-state index >= 15 is 0 Å². The first kappa shape index (κ1) is 27.9. The monoisotopic (exact) mass is 521 g/mol. The number of sulfonamides is 1. The average molecular weight is 522 g/mol. The fraction of sp³-hybridized carbons (Fsp3) is 0.310. The summed E-state index contributed by atoms with van der Waals surface area (Å²) in [5.74, 6) is -0.731. The average Bonchev–Trinajstić information content (AvgIpc) is 2.87. The van der Waals surface area contributed by atoms with Crippen molar-refractivity contribution in [1.29, 1.82) is 0 Å². The largest absolute Gasteiger partial charge is 0.352 e. The summed E-state index contributed by atoms with van der Waals surface area (Å²) < 4.78 is 28.6. The summed E-state index contributed by atoms with van der Waals surface area (Å²) in [6.07, 6.45) is 0.382. The molecule has 196 valence electrons. The third-order valence-electron chi connectivity index (χ3n) is 5.91. The molecule has 0 bridgehead atoms. The zero-order valence-corrected chi connectivity index (χ0v) is 22.6. The lowest BCUT2D eigenvalue weighted by molar-refractivity contribution is -0.140. The molecule has 1 N–H and O–H groups in total. The number of nitrogens with one attached hydrogen (secondary N) is 1. The van der Waals surface area contributed by atoms with Gasteiger partial charge in [-0.1, -0.05) is 67.6 Å². The molecule has 0 spiro atoms. The Morgan fingerprint density at radius 2 is 1.51 bits per heavy atom. The molecule has 0 aliphatic rings. The van der Waals surface area contributed by atoms with E-state index in [0.717, 1.165) is 15.4 Å². The molecular weight excluding hydrogens is 486 g/mol. The minimum Gasteiger partial charge on any atom is -0.352 e. The zero-order chi connectivity index (χ0) is 27.0. The normalized spacial score (nSPS) is 12.1. The highest BCUT2D eigenvalue weighted by Crippen LogP contribution is 2.25. The second kappa shape index (κ2) is 12.5. The molecule has 0 saturated heterocycles. The first-order valence-electron chi connectivity index (χ1n) is 12.4. The number of carbonyl (C=O) groups is 2. The van der Waals surface area contributed by atoms with Gasteiger partial charge in [0, 0.05) is 12.6 Å². The highest BCUT2D eigenvalue weighted by Gasteiger charge is 2.33. The maximum absolute atomic E-state index is 13.9. The maximum atomic E-state index is 13.9. The van der Waals surface area contributed by atoms with E-state index in [0.29, 0.717) is 12.1 Å². The van der Waals surface area contributed by atoms with Crippen LogP contribution in [0.4, 0.5) is 5.69 Å². The van der Waals surface area contributed by atoms with Crippen LogP contribution in [-0.2, 0) is 26.2 Å². The van der Waals surface area contributed by atoms with E-state index in [1.54, 1.807) is 36.4 Å². The van der Waals surface area contributed by atoms with Crippen LogP contribution in [0.25, 0.3) is 0 Å². The van der Waals surface area contributed by atoms with Gasteiger partial charge in [0.15, 0.2) is 0 Å². The minimum atomic E-state index is -4.06. The lowest BCUT2D eigenvalue weighted by Crippen LogP contribution is -2.53. The van der Waals surface area contributed by atoms with E-state index in [1.807, 2.05) is 64.1 Å².